The van der Waals surface area contributed by atoms with Gasteiger partial charge in [-0.3, -0.25) is 0 Å². The van der Waals surface area contributed by atoms with Gasteiger partial charge in [-0.2, -0.15) is 0 Å². The van der Waals surface area contributed by atoms with Gasteiger partial charge in [0.15, 0.2) is 0 Å². The van der Waals surface area contributed by atoms with E-state index in [4.69, 9.17) is 34.8 Å². The van der Waals surface area contributed by atoms with Crippen molar-refractivity contribution in [3.63, 3.8) is 0 Å². The van der Waals surface area contributed by atoms with Gasteiger partial charge in [0.2, 0.25) is 0 Å². The molecule has 0 atom stereocenters. The van der Waals surface area contributed by atoms with Crippen molar-refractivity contribution >= 4 is 45.8 Å². The molecule has 2 rings (SSSR count). The zero-order chi connectivity index (χ0) is 15.4. The molecule has 1 aromatic carbocycles. The number of alkyl halides is 1. The fraction of sp³-hybridized carbons (Fsp3) is 0.533. The summed E-state index contributed by atoms with van der Waals surface area (Å²) in [5.41, 5.74) is 1.92. The summed E-state index contributed by atoms with van der Waals surface area (Å²) < 4.78 is 2.22. The van der Waals surface area contributed by atoms with Crippen molar-refractivity contribution in [3.8, 4) is 0 Å². The van der Waals surface area contributed by atoms with E-state index in [0.717, 1.165) is 49.2 Å². The van der Waals surface area contributed by atoms with E-state index >= 15 is 0 Å². The summed E-state index contributed by atoms with van der Waals surface area (Å²) in [6, 6.07) is 3.73. The molecule has 0 spiro atoms. The van der Waals surface area contributed by atoms with Gasteiger partial charge in [0.1, 0.15) is 5.82 Å². The molecule has 1 heterocycles. The summed E-state index contributed by atoms with van der Waals surface area (Å²) in [5.74, 6) is 1.56. The van der Waals surface area contributed by atoms with Crippen molar-refractivity contribution < 1.29 is 0 Å². The molecule has 0 saturated heterocycles. The fourth-order valence-corrected chi connectivity index (χ4v) is 2.88. The minimum Gasteiger partial charge on any atom is -0.328 e. The molecule has 116 valence electrons. The number of aromatic nitrogens is 2. The molecule has 0 saturated carbocycles. The largest absolute Gasteiger partial charge is 0.328 e. The molecule has 1 aromatic heterocycles. The quantitative estimate of drug-likeness (QED) is 0.544. The van der Waals surface area contributed by atoms with Gasteiger partial charge in [0.05, 0.1) is 21.1 Å². The highest BCUT2D eigenvalue weighted by Gasteiger charge is 2.12. The highest BCUT2D eigenvalue weighted by Crippen LogP contribution is 2.28. The van der Waals surface area contributed by atoms with Crippen LogP contribution in [0.3, 0.4) is 0 Å². The van der Waals surface area contributed by atoms with E-state index < -0.39 is 0 Å². The highest BCUT2D eigenvalue weighted by molar-refractivity contribution is 6.42. The molecule has 0 fully saturated rings. The molecule has 3 nitrogen and oxygen atoms in total. The van der Waals surface area contributed by atoms with Crippen LogP contribution in [-0.2, 0) is 13.0 Å². The maximum absolute atomic E-state index is 6.14. The van der Waals surface area contributed by atoms with Gasteiger partial charge < -0.3 is 9.47 Å². The molecule has 0 aliphatic rings. The van der Waals surface area contributed by atoms with E-state index in [-0.39, 0.29) is 0 Å². The number of rotatable bonds is 7. The topological polar surface area (TPSA) is 21.1 Å². The van der Waals surface area contributed by atoms with Crippen molar-refractivity contribution in [2.45, 2.75) is 25.8 Å². The van der Waals surface area contributed by atoms with Gasteiger partial charge in [-0.05, 0) is 45.6 Å². The Morgan fingerprint density at radius 2 is 1.86 bits per heavy atom. The lowest BCUT2D eigenvalue weighted by Gasteiger charge is -2.11. The molecule has 6 heteroatoms. The van der Waals surface area contributed by atoms with Crippen LogP contribution in [0, 0.1) is 0 Å². The highest BCUT2D eigenvalue weighted by atomic mass is 35.5. The van der Waals surface area contributed by atoms with E-state index in [1.807, 2.05) is 12.1 Å². The molecule has 0 aliphatic carbocycles. The molecule has 0 unspecified atom stereocenters. The van der Waals surface area contributed by atoms with Crippen LogP contribution in [0.2, 0.25) is 10.0 Å². The lowest BCUT2D eigenvalue weighted by atomic mass is 10.2. The van der Waals surface area contributed by atoms with Gasteiger partial charge in [0, 0.05) is 18.8 Å². The van der Waals surface area contributed by atoms with Gasteiger partial charge in [-0.25, -0.2) is 4.98 Å². The molecular weight excluding hydrogens is 329 g/mol. The normalized spacial score (nSPS) is 11.7. The average Bonchev–Trinajstić information content (AvgIpc) is 2.73. The standard InChI is InChI=1S/C15H20Cl3N3/c1-20(2)7-3-4-8-21-14-10-12(18)11(17)9-13(14)19-15(21)5-6-16/h9-10H,3-8H2,1-2H3. The van der Waals surface area contributed by atoms with Crippen LogP contribution in [0.1, 0.15) is 18.7 Å². The van der Waals surface area contributed by atoms with Crippen LogP contribution in [-0.4, -0.2) is 41.0 Å². The third-order valence-electron chi connectivity index (χ3n) is 3.42. The summed E-state index contributed by atoms with van der Waals surface area (Å²) >= 11 is 18.1. The Morgan fingerprint density at radius 3 is 2.52 bits per heavy atom. The van der Waals surface area contributed by atoms with E-state index in [1.54, 1.807) is 0 Å². The Morgan fingerprint density at radius 1 is 1.14 bits per heavy atom. The lowest BCUT2D eigenvalue weighted by Crippen LogP contribution is -2.14. The number of aryl methyl sites for hydroxylation is 2. The van der Waals surface area contributed by atoms with Gasteiger partial charge in [0.25, 0.3) is 0 Å². The second-order valence-electron chi connectivity index (χ2n) is 5.38. The molecule has 2 aromatic rings. The number of fused-ring (bicyclic) bond motifs is 1. The molecule has 0 bridgehead atoms. The fourth-order valence-electron chi connectivity index (χ4n) is 2.39. The summed E-state index contributed by atoms with van der Waals surface area (Å²) in [4.78, 5) is 6.84. The van der Waals surface area contributed by atoms with Crippen molar-refractivity contribution in [2.75, 3.05) is 26.5 Å². The van der Waals surface area contributed by atoms with Crippen molar-refractivity contribution in [2.24, 2.45) is 0 Å². The first-order valence-corrected chi connectivity index (χ1v) is 8.37. The van der Waals surface area contributed by atoms with Crippen molar-refractivity contribution in [1.82, 2.24) is 14.5 Å². The van der Waals surface area contributed by atoms with Crippen LogP contribution in [0.25, 0.3) is 11.0 Å². The van der Waals surface area contributed by atoms with Crippen molar-refractivity contribution in [1.29, 1.82) is 0 Å². The third-order valence-corrected chi connectivity index (χ3v) is 4.34. The second kappa shape index (κ2) is 7.68. The summed E-state index contributed by atoms with van der Waals surface area (Å²) in [7, 11) is 4.18. The number of benzene rings is 1. The van der Waals surface area contributed by atoms with Crippen LogP contribution in [0.15, 0.2) is 12.1 Å². The first-order valence-electron chi connectivity index (χ1n) is 7.07. The molecule has 0 N–H and O–H groups in total. The molecule has 0 aliphatic heterocycles. The summed E-state index contributed by atoms with van der Waals surface area (Å²) in [6.45, 7) is 2.01. The van der Waals surface area contributed by atoms with Gasteiger partial charge in [-0.15, -0.1) is 11.6 Å². The SMILES string of the molecule is CN(C)CCCCn1c(CCCl)nc2cc(Cl)c(Cl)cc21. The molecular formula is C15H20Cl3N3. The third kappa shape index (κ3) is 4.26. The van der Waals surface area contributed by atoms with Crippen LogP contribution in [0.4, 0.5) is 0 Å². The molecule has 0 amide bonds. The predicted molar refractivity (Wildman–Crippen MR) is 92.0 cm³/mol. The number of hydrogen-bond acceptors (Lipinski definition) is 2. The number of unbranched alkanes of at least 4 members (excludes halogenated alkanes) is 1. The summed E-state index contributed by atoms with van der Waals surface area (Å²) in [5, 5.41) is 1.11. The monoisotopic (exact) mass is 347 g/mol. The summed E-state index contributed by atoms with van der Waals surface area (Å²) in [6.07, 6.45) is 2.99. The Balaban J connectivity index is 2.25. The average molecular weight is 349 g/mol. The first-order chi connectivity index (χ1) is 10.0. The number of hydrogen-bond donors (Lipinski definition) is 0. The minimum absolute atomic E-state index is 0.541. The van der Waals surface area contributed by atoms with Crippen LogP contribution >= 0.6 is 34.8 Å². The molecule has 21 heavy (non-hydrogen) atoms. The number of imidazole rings is 1. The van der Waals surface area contributed by atoms with E-state index in [2.05, 4.69) is 28.5 Å². The number of halogens is 3. The maximum atomic E-state index is 6.14. The van der Waals surface area contributed by atoms with Crippen LogP contribution < -0.4 is 0 Å². The minimum atomic E-state index is 0.541. The van der Waals surface area contributed by atoms with Crippen LogP contribution in [0.5, 0.6) is 0 Å². The van der Waals surface area contributed by atoms with E-state index in [9.17, 15) is 0 Å². The Labute approximate surface area is 140 Å². The Hall–Kier alpha value is -0.480. The molecule has 0 radical (unpaired) electrons. The van der Waals surface area contributed by atoms with Gasteiger partial charge >= 0.3 is 0 Å². The smallest absolute Gasteiger partial charge is 0.111 e. The first kappa shape index (κ1) is 16.9. The Bertz CT molecular complexity index is 608. The van der Waals surface area contributed by atoms with E-state index in [0.29, 0.717) is 15.9 Å². The maximum Gasteiger partial charge on any atom is 0.111 e. The van der Waals surface area contributed by atoms with E-state index in [1.165, 1.54) is 0 Å². The number of nitrogens with zero attached hydrogens (tertiary/aromatic N) is 3. The lowest BCUT2D eigenvalue weighted by molar-refractivity contribution is 0.387. The zero-order valence-corrected chi connectivity index (χ0v) is 14.6. The van der Waals surface area contributed by atoms with Gasteiger partial charge in [-0.1, -0.05) is 23.2 Å². The zero-order valence-electron chi connectivity index (χ0n) is 12.4. The Kier molecular flexibility index (Phi) is 6.18. The second-order valence-corrected chi connectivity index (χ2v) is 6.58. The van der Waals surface area contributed by atoms with Crippen molar-refractivity contribution in [3.05, 3.63) is 28.0 Å². The predicted octanol–water partition coefficient (Wildman–Crippen LogP) is 4.47.